The van der Waals surface area contributed by atoms with Crippen molar-refractivity contribution in [2.24, 2.45) is 0 Å². The van der Waals surface area contributed by atoms with E-state index >= 15 is 0 Å². The molecule has 0 atom stereocenters. The molecule has 0 radical (unpaired) electrons. The summed E-state index contributed by atoms with van der Waals surface area (Å²) >= 11 is 0. The van der Waals surface area contributed by atoms with Gasteiger partial charge in [-0.15, -0.1) is 0 Å². The lowest BCUT2D eigenvalue weighted by Gasteiger charge is -2.11. The van der Waals surface area contributed by atoms with Crippen LogP contribution >= 0.6 is 0 Å². The van der Waals surface area contributed by atoms with Crippen molar-refractivity contribution in [3.63, 3.8) is 0 Å². The summed E-state index contributed by atoms with van der Waals surface area (Å²) in [7, 11) is 3.32. The highest BCUT2D eigenvalue weighted by molar-refractivity contribution is 5.96. The number of hydrogen-bond acceptors (Lipinski definition) is 2. The van der Waals surface area contributed by atoms with Crippen LogP contribution < -0.4 is 9.47 Å². The lowest BCUT2D eigenvalue weighted by Crippen LogP contribution is -1.94. The molecule has 2 nitrogen and oxygen atoms in total. The number of fused-ring (bicyclic) bond motifs is 1. The van der Waals surface area contributed by atoms with Crippen molar-refractivity contribution >= 4 is 10.8 Å². The van der Waals surface area contributed by atoms with Gasteiger partial charge in [-0.3, -0.25) is 0 Å². The molecular formula is C28H20O2. The van der Waals surface area contributed by atoms with Gasteiger partial charge in [0.15, 0.2) is 0 Å². The van der Waals surface area contributed by atoms with Crippen molar-refractivity contribution in [2.45, 2.75) is 0 Å². The zero-order valence-electron chi connectivity index (χ0n) is 16.9. The van der Waals surface area contributed by atoms with Crippen LogP contribution in [0.4, 0.5) is 0 Å². The van der Waals surface area contributed by atoms with E-state index in [2.05, 4.69) is 23.7 Å². The van der Waals surface area contributed by atoms with Gasteiger partial charge in [0.1, 0.15) is 11.5 Å². The van der Waals surface area contributed by atoms with Crippen LogP contribution in [0, 0.1) is 23.7 Å². The summed E-state index contributed by atoms with van der Waals surface area (Å²) in [6.07, 6.45) is 0. The maximum absolute atomic E-state index is 5.69. The first-order valence-corrected chi connectivity index (χ1v) is 9.61. The molecule has 0 aliphatic rings. The summed E-state index contributed by atoms with van der Waals surface area (Å²) < 4.78 is 11.1. The van der Waals surface area contributed by atoms with Gasteiger partial charge in [-0.1, -0.05) is 60.1 Å². The average molecular weight is 388 g/mol. The van der Waals surface area contributed by atoms with E-state index < -0.39 is 0 Å². The molecule has 0 saturated carbocycles. The Bertz CT molecular complexity index is 1300. The normalized spacial score (nSPS) is 9.80. The van der Waals surface area contributed by atoms with E-state index in [1.807, 2.05) is 84.9 Å². The molecule has 0 fully saturated rings. The van der Waals surface area contributed by atoms with Gasteiger partial charge in [0.25, 0.3) is 0 Å². The highest BCUT2D eigenvalue weighted by Gasteiger charge is 2.12. The van der Waals surface area contributed by atoms with Crippen molar-refractivity contribution in [2.75, 3.05) is 14.2 Å². The van der Waals surface area contributed by atoms with E-state index in [1.54, 1.807) is 14.2 Å². The van der Waals surface area contributed by atoms with Gasteiger partial charge in [0.2, 0.25) is 0 Å². The van der Waals surface area contributed by atoms with Gasteiger partial charge in [0.05, 0.1) is 19.8 Å². The van der Waals surface area contributed by atoms with E-state index in [9.17, 15) is 0 Å². The van der Waals surface area contributed by atoms with Gasteiger partial charge in [-0.25, -0.2) is 0 Å². The molecule has 30 heavy (non-hydrogen) atoms. The summed E-state index contributed by atoms with van der Waals surface area (Å²) in [6, 6.07) is 27.7. The molecule has 0 spiro atoms. The van der Waals surface area contributed by atoms with E-state index in [0.717, 1.165) is 38.8 Å². The SMILES string of the molecule is COc1ccc2c(C#Cc3ccccc3)c(OC)cc(C#Cc3ccccc3)c2c1. The van der Waals surface area contributed by atoms with Gasteiger partial charge in [-0.05, 0) is 48.5 Å². The minimum Gasteiger partial charge on any atom is -0.497 e. The molecule has 0 bridgehead atoms. The fourth-order valence-electron chi connectivity index (χ4n) is 3.22. The second-order valence-electron chi connectivity index (χ2n) is 6.64. The van der Waals surface area contributed by atoms with Crippen molar-refractivity contribution in [1.29, 1.82) is 0 Å². The van der Waals surface area contributed by atoms with Crippen LogP contribution in [0.3, 0.4) is 0 Å². The molecule has 0 aliphatic heterocycles. The number of methoxy groups -OCH3 is 2. The van der Waals surface area contributed by atoms with Crippen LogP contribution in [0.15, 0.2) is 84.9 Å². The molecule has 4 aromatic carbocycles. The van der Waals surface area contributed by atoms with Crippen LogP contribution in [-0.2, 0) is 0 Å². The predicted molar refractivity (Wildman–Crippen MR) is 122 cm³/mol. The van der Waals surface area contributed by atoms with Crippen LogP contribution in [0.5, 0.6) is 11.5 Å². The molecule has 0 saturated heterocycles. The topological polar surface area (TPSA) is 18.5 Å². The maximum Gasteiger partial charge on any atom is 0.136 e. The summed E-state index contributed by atoms with van der Waals surface area (Å²) in [5.41, 5.74) is 3.62. The standard InChI is InChI=1S/C28H20O2/c1-29-24-16-18-25-26(17-14-22-11-7-4-8-12-22)28(30-2)19-23(27(25)20-24)15-13-21-9-5-3-6-10-21/h3-12,16,18-20H,1-2H3. The average Bonchev–Trinajstić information content (AvgIpc) is 2.82. The van der Waals surface area contributed by atoms with Crippen LogP contribution in [0.2, 0.25) is 0 Å². The third-order valence-corrected chi connectivity index (χ3v) is 4.75. The molecule has 0 heterocycles. The Morgan fingerprint density at radius 3 is 1.80 bits per heavy atom. The van der Waals surface area contributed by atoms with E-state index in [-0.39, 0.29) is 0 Å². The summed E-state index contributed by atoms with van der Waals surface area (Å²) in [5, 5.41) is 1.96. The van der Waals surface area contributed by atoms with Gasteiger partial charge in [0, 0.05) is 27.5 Å². The molecular weight excluding hydrogens is 368 g/mol. The smallest absolute Gasteiger partial charge is 0.136 e. The molecule has 144 valence electrons. The molecule has 0 amide bonds. The monoisotopic (exact) mass is 388 g/mol. The lowest BCUT2D eigenvalue weighted by molar-refractivity contribution is 0.413. The van der Waals surface area contributed by atoms with Crippen molar-refractivity contribution in [3.8, 4) is 35.2 Å². The van der Waals surface area contributed by atoms with Crippen molar-refractivity contribution in [3.05, 3.63) is 107 Å². The minimum atomic E-state index is 0.702. The van der Waals surface area contributed by atoms with E-state index in [4.69, 9.17) is 9.47 Å². The molecule has 2 heteroatoms. The zero-order valence-corrected chi connectivity index (χ0v) is 16.9. The minimum absolute atomic E-state index is 0.702. The Balaban J connectivity index is 1.92. The van der Waals surface area contributed by atoms with Crippen molar-refractivity contribution in [1.82, 2.24) is 0 Å². The third kappa shape index (κ3) is 4.14. The zero-order chi connectivity index (χ0) is 20.8. The van der Waals surface area contributed by atoms with E-state index in [1.165, 1.54) is 0 Å². The summed E-state index contributed by atoms with van der Waals surface area (Å²) in [6.45, 7) is 0. The molecule has 4 rings (SSSR count). The van der Waals surface area contributed by atoms with Gasteiger partial charge >= 0.3 is 0 Å². The van der Waals surface area contributed by atoms with E-state index in [0.29, 0.717) is 5.75 Å². The fraction of sp³-hybridized carbons (Fsp3) is 0.0714. The largest absolute Gasteiger partial charge is 0.497 e. The molecule has 0 aromatic heterocycles. The van der Waals surface area contributed by atoms with Gasteiger partial charge < -0.3 is 9.47 Å². The number of rotatable bonds is 2. The maximum atomic E-state index is 5.69. The fourth-order valence-corrected chi connectivity index (χ4v) is 3.22. The van der Waals surface area contributed by atoms with Crippen molar-refractivity contribution < 1.29 is 9.47 Å². The lowest BCUT2D eigenvalue weighted by atomic mass is 9.97. The number of hydrogen-bond donors (Lipinski definition) is 0. The Hall–Kier alpha value is -4.14. The number of benzene rings is 4. The highest BCUT2D eigenvalue weighted by atomic mass is 16.5. The number of ether oxygens (including phenoxy) is 2. The Morgan fingerprint density at radius 2 is 1.20 bits per heavy atom. The summed E-state index contributed by atoms with van der Waals surface area (Å²) in [5.74, 6) is 14.5. The quantitative estimate of drug-likeness (QED) is 0.413. The van der Waals surface area contributed by atoms with Gasteiger partial charge in [-0.2, -0.15) is 0 Å². The molecule has 0 unspecified atom stereocenters. The third-order valence-electron chi connectivity index (χ3n) is 4.75. The molecule has 0 aliphatic carbocycles. The second kappa shape index (κ2) is 8.91. The van der Waals surface area contributed by atoms with Crippen LogP contribution in [0.25, 0.3) is 10.8 Å². The Labute approximate surface area is 177 Å². The molecule has 4 aromatic rings. The second-order valence-corrected chi connectivity index (χ2v) is 6.64. The van der Waals surface area contributed by atoms with Crippen LogP contribution in [-0.4, -0.2) is 14.2 Å². The Morgan fingerprint density at radius 1 is 0.567 bits per heavy atom. The summed E-state index contributed by atoms with van der Waals surface area (Å²) in [4.78, 5) is 0. The highest BCUT2D eigenvalue weighted by Crippen LogP contribution is 2.33. The van der Waals surface area contributed by atoms with Crippen LogP contribution in [0.1, 0.15) is 22.3 Å². The molecule has 0 N–H and O–H groups in total. The first kappa shape index (κ1) is 19.2. The Kier molecular flexibility index (Phi) is 5.70. The first-order chi connectivity index (χ1) is 14.8. The first-order valence-electron chi connectivity index (χ1n) is 9.61. The predicted octanol–water partition coefficient (Wildman–Crippen LogP) is 5.66.